The predicted octanol–water partition coefficient (Wildman–Crippen LogP) is 1.20. The Morgan fingerprint density at radius 3 is 2.25 bits per heavy atom. The number of hydrogen-bond acceptors (Lipinski definition) is 7. The van der Waals surface area contributed by atoms with E-state index in [-0.39, 0.29) is 19.0 Å². The van der Waals surface area contributed by atoms with Crippen molar-refractivity contribution in [1.29, 1.82) is 0 Å². The quantitative estimate of drug-likeness (QED) is 0.788. The van der Waals surface area contributed by atoms with Gasteiger partial charge in [-0.3, -0.25) is 4.79 Å². The van der Waals surface area contributed by atoms with Crippen LogP contribution in [0.25, 0.3) is 0 Å². The summed E-state index contributed by atoms with van der Waals surface area (Å²) in [6.45, 7) is 1.28. The number of ether oxygens (including phenoxy) is 1. The van der Waals surface area contributed by atoms with E-state index in [0.717, 1.165) is 6.07 Å². The number of thiophene rings is 1. The molecule has 2 rings (SSSR count). The largest absolute Gasteiger partial charge is 0.495 e. The maximum absolute atomic E-state index is 12.6. The third-order valence-corrected chi connectivity index (χ3v) is 7.66. The average Bonchev–Trinajstić information content (AvgIpc) is 2.97. The lowest BCUT2D eigenvalue weighted by atomic mass is 10.3. The first kappa shape index (κ1) is 18.4. The van der Waals surface area contributed by atoms with Crippen molar-refractivity contribution in [2.45, 2.75) is 20.2 Å². The third-order valence-electron chi connectivity index (χ3n) is 2.89. The Labute approximate surface area is 143 Å². The van der Waals surface area contributed by atoms with Crippen LogP contribution in [-0.4, -0.2) is 29.9 Å². The zero-order chi connectivity index (χ0) is 18.1. The summed E-state index contributed by atoms with van der Waals surface area (Å²) in [5.74, 6) is -0.101. The molecule has 1 heterocycles. The van der Waals surface area contributed by atoms with Gasteiger partial charge in [0.05, 0.1) is 17.7 Å². The molecular formula is C13H14N2O6S3. The molecule has 0 aliphatic rings. The molecule has 1 amide bonds. The molecule has 130 valence electrons. The number of sulfone groups is 1. The summed E-state index contributed by atoms with van der Waals surface area (Å²) in [4.78, 5) is 11.1. The topological polar surface area (TPSA) is 133 Å². The van der Waals surface area contributed by atoms with Gasteiger partial charge in [-0.1, -0.05) is 0 Å². The van der Waals surface area contributed by atoms with Gasteiger partial charge in [-0.05, 0) is 30.3 Å². The van der Waals surface area contributed by atoms with Gasteiger partial charge in [0.15, 0.2) is 0 Å². The molecule has 0 radical (unpaired) electrons. The Balaban J connectivity index is 2.53. The third kappa shape index (κ3) is 3.75. The van der Waals surface area contributed by atoms with Crippen molar-refractivity contribution in [3.63, 3.8) is 0 Å². The van der Waals surface area contributed by atoms with Crippen LogP contribution in [0.5, 0.6) is 5.75 Å². The minimum absolute atomic E-state index is 0.116. The second-order valence-electron chi connectivity index (χ2n) is 4.67. The molecule has 0 aliphatic carbocycles. The van der Waals surface area contributed by atoms with E-state index in [1.807, 2.05) is 0 Å². The zero-order valence-corrected chi connectivity index (χ0v) is 15.1. The van der Waals surface area contributed by atoms with E-state index < -0.39 is 25.8 Å². The SMILES string of the molecule is COc1ccc(S(=O)(=O)c2ccc(S(N)(=O)=O)s2)cc1NC(C)=O. The van der Waals surface area contributed by atoms with Crippen molar-refractivity contribution in [3.05, 3.63) is 30.3 Å². The van der Waals surface area contributed by atoms with Crippen LogP contribution in [0.4, 0.5) is 5.69 Å². The molecule has 0 saturated heterocycles. The van der Waals surface area contributed by atoms with Crippen LogP contribution in [-0.2, 0) is 24.7 Å². The van der Waals surface area contributed by atoms with E-state index in [9.17, 15) is 21.6 Å². The van der Waals surface area contributed by atoms with E-state index in [4.69, 9.17) is 9.88 Å². The summed E-state index contributed by atoms with van der Waals surface area (Å²) < 4.78 is 52.5. The fourth-order valence-corrected chi connectivity index (χ4v) is 5.48. The Morgan fingerprint density at radius 1 is 1.12 bits per heavy atom. The number of carbonyl (C=O) groups excluding carboxylic acids is 1. The van der Waals surface area contributed by atoms with Gasteiger partial charge in [0.2, 0.25) is 25.8 Å². The molecular weight excluding hydrogens is 376 g/mol. The molecule has 8 nitrogen and oxygen atoms in total. The van der Waals surface area contributed by atoms with Crippen molar-refractivity contribution in [1.82, 2.24) is 0 Å². The number of sulfonamides is 1. The van der Waals surface area contributed by atoms with Crippen LogP contribution in [0.3, 0.4) is 0 Å². The van der Waals surface area contributed by atoms with Crippen LogP contribution < -0.4 is 15.2 Å². The first-order valence-electron chi connectivity index (χ1n) is 6.39. The van der Waals surface area contributed by atoms with Gasteiger partial charge < -0.3 is 10.1 Å². The van der Waals surface area contributed by atoms with Crippen LogP contribution >= 0.6 is 11.3 Å². The summed E-state index contributed by atoms with van der Waals surface area (Å²) in [6.07, 6.45) is 0. The number of nitrogens with two attached hydrogens (primary N) is 1. The average molecular weight is 390 g/mol. The highest BCUT2D eigenvalue weighted by Gasteiger charge is 2.24. The monoisotopic (exact) mass is 390 g/mol. The van der Waals surface area contributed by atoms with Crippen LogP contribution in [0.15, 0.2) is 43.6 Å². The Bertz CT molecular complexity index is 992. The summed E-state index contributed by atoms with van der Waals surface area (Å²) in [5, 5.41) is 7.47. The minimum atomic E-state index is -3.98. The molecule has 0 bridgehead atoms. The van der Waals surface area contributed by atoms with Crippen LogP contribution in [0.2, 0.25) is 0 Å². The van der Waals surface area contributed by atoms with Crippen LogP contribution in [0, 0.1) is 0 Å². The number of carbonyl (C=O) groups is 1. The standard InChI is InChI=1S/C13H14N2O6S3/c1-8(16)15-10-7-9(3-4-11(10)21-2)23(17,18)12-5-6-13(22-12)24(14,19)20/h3-7H,1-2H3,(H,15,16)(H2,14,19,20). The first-order chi connectivity index (χ1) is 11.1. The van der Waals surface area contributed by atoms with Crippen molar-refractivity contribution < 1.29 is 26.4 Å². The lowest BCUT2D eigenvalue weighted by Crippen LogP contribution is -2.10. The normalized spacial score (nSPS) is 12.0. The molecule has 1 aromatic heterocycles. The van der Waals surface area contributed by atoms with E-state index in [1.54, 1.807) is 0 Å². The fourth-order valence-electron chi connectivity index (χ4n) is 1.86. The second kappa shape index (κ2) is 6.51. The molecule has 0 unspecified atom stereocenters. The number of methoxy groups -OCH3 is 1. The zero-order valence-electron chi connectivity index (χ0n) is 12.6. The van der Waals surface area contributed by atoms with Gasteiger partial charge >= 0.3 is 0 Å². The van der Waals surface area contributed by atoms with E-state index in [2.05, 4.69) is 5.32 Å². The maximum Gasteiger partial charge on any atom is 0.247 e. The minimum Gasteiger partial charge on any atom is -0.495 e. The summed E-state index contributed by atoms with van der Waals surface area (Å²) in [5.41, 5.74) is 0.189. The number of benzene rings is 1. The number of rotatable bonds is 5. The number of primary sulfonamides is 1. The van der Waals surface area contributed by atoms with Gasteiger partial charge in [0.25, 0.3) is 0 Å². The molecule has 1 aromatic carbocycles. The molecule has 0 saturated carbocycles. The highest BCUT2D eigenvalue weighted by atomic mass is 32.3. The molecule has 0 atom stereocenters. The first-order valence-corrected chi connectivity index (χ1v) is 10.2. The molecule has 11 heteroatoms. The summed E-state index contributed by atoms with van der Waals surface area (Å²) in [6, 6.07) is 6.24. The number of amides is 1. The van der Waals surface area contributed by atoms with Crippen molar-refractivity contribution in [2.24, 2.45) is 5.14 Å². The van der Waals surface area contributed by atoms with Gasteiger partial charge in [0.1, 0.15) is 14.2 Å². The summed E-state index contributed by atoms with van der Waals surface area (Å²) >= 11 is 0.552. The molecule has 0 fully saturated rings. The second-order valence-corrected chi connectivity index (χ2v) is 9.71. The lowest BCUT2D eigenvalue weighted by molar-refractivity contribution is -0.114. The van der Waals surface area contributed by atoms with Crippen molar-refractivity contribution >= 4 is 42.8 Å². The maximum atomic E-state index is 12.6. The summed E-state index contributed by atoms with van der Waals surface area (Å²) in [7, 11) is -6.57. The van der Waals surface area contributed by atoms with Gasteiger partial charge in [-0.15, -0.1) is 11.3 Å². The van der Waals surface area contributed by atoms with Gasteiger partial charge in [-0.25, -0.2) is 22.0 Å². The Hall–Kier alpha value is -1.95. The van der Waals surface area contributed by atoms with Gasteiger partial charge in [0, 0.05) is 6.92 Å². The Kier molecular flexibility index (Phi) is 4.99. The number of hydrogen-bond donors (Lipinski definition) is 2. The molecule has 3 N–H and O–H groups in total. The molecule has 2 aromatic rings. The van der Waals surface area contributed by atoms with Crippen molar-refractivity contribution in [3.8, 4) is 5.75 Å². The smallest absolute Gasteiger partial charge is 0.247 e. The Morgan fingerprint density at radius 2 is 1.75 bits per heavy atom. The highest BCUT2D eigenvalue weighted by Crippen LogP contribution is 2.33. The van der Waals surface area contributed by atoms with Crippen LogP contribution in [0.1, 0.15) is 6.92 Å². The molecule has 0 aliphatic heterocycles. The van der Waals surface area contributed by atoms with E-state index in [0.29, 0.717) is 17.1 Å². The predicted molar refractivity (Wildman–Crippen MR) is 88.4 cm³/mol. The number of anilines is 1. The lowest BCUT2D eigenvalue weighted by Gasteiger charge is -2.11. The number of nitrogens with one attached hydrogen (secondary N) is 1. The molecule has 0 spiro atoms. The van der Waals surface area contributed by atoms with E-state index in [1.165, 1.54) is 38.3 Å². The highest BCUT2D eigenvalue weighted by molar-refractivity contribution is 7.95. The van der Waals surface area contributed by atoms with E-state index >= 15 is 0 Å². The van der Waals surface area contributed by atoms with Gasteiger partial charge in [-0.2, -0.15) is 0 Å². The molecule has 24 heavy (non-hydrogen) atoms. The van der Waals surface area contributed by atoms with Crippen molar-refractivity contribution in [2.75, 3.05) is 12.4 Å². The fraction of sp³-hybridized carbons (Fsp3) is 0.154.